The second-order valence-corrected chi connectivity index (χ2v) is 10.8. The molecule has 2 unspecified atom stereocenters. The van der Waals surface area contributed by atoms with Crippen LogP contribution in [0, 0.1) is 29.1 Å². The van der Waals surface area contributed by atoms with E-state index in [0.29, 0.717) is 35.9 Å². The summed E-state index contributed by atoms with van der Waals surface area (Å²) in [6.45, 7) is 10.7. The van der Waals surface area contributed by atoms with Crippen molar-refractivity contribution in [3.63, 3.8) is 0 Å². The topological polar surface area (TPSA) is 72.5 Å². The average molecular weight is 378 g/mol. The largest absolute Gasteiger partial charge is 0.444 e. The minimum atomic E-state index is -0.949. The Bertz CT molecular complexity index is 629. The molecule has 4 rings (SSSR count). The van der Waals surface area contributed by atoms with Gasteiger partial charge in [-0.05, 0) is 97.3 Å². The van der Waals surface area contributed by atoms with Crippen LogP contribution in [-0.4, -0.2) is 28.8 Å². The lowest BCUT2D eigenvalue weighted by Crippen LogP contribution is -2.56. The summed E-state index contributed by atoms with van der Waals surface area (Å²) in [4.78, 5) is 37.4. The van der Waals surface area contributed by atoms with E-state index < -0.39 is 17.2 Å². The van der Waals surface area contributed by atoms with Crippen LogP contribution in [0.3, 0.4) is 0 Å². The Kier molecular flexibility index (Phi) is 4.97. The SMILES string of the molecule is CC(=O)C12CC3CC(C1)C(CC(=O)C(C)(C)NC(=O)OC(C)(C)C)C(C3)C2. The van der Waals surface area contributed by atoms with E-state index in [1.54, 1.807) is 41.5 Å². The van der Waals surface area contributed by atoms with E-state index in [0.717, 1.165) is 32.1 Å². The van der Waals surface area contributed by atoms with Gasteiger partial charge < -0.3 is 10.1 Å². The van der Waals surface area contributed by atoms with Gasteiger partial charge in [-0.15, -0.1) is 0 Å². The van der Waals surface area contributed by atoms with Crippen molar-refractivity contribution in [3.05, 3.63) is 0 Å². The van der Waals surface area contributed by atoms with Crippen molar-refractivity contribution in [1.82, 2.24) is 5.32 Å². The molecule has 27 heavy (non-hydrogen) atoms. The van der Waals surface area contributed by atoms with Gasteiger partial charge in [-0.2, -0.15) is 0 Å². The molecule has 2 atom stereocenters. The fourth-order valence-electron chi connectivity index (χ4n) is 5.99. The van der Waals surface area contributed by atoms with Gasteiger partial charge in [-0.3, -0.25) is 9.59 Å². The predicted molar refractivity (Wildman–Crippen MR) is 103 cm³/mol. The number of carbonyl (C=O) groups excluding carboxylic acids is 3. The quantitative estimate of drug-likeness (QED) is 0.776. The normalized spacial score (nSPS) is 35.0. The molecule has 0 aliphatic heterocycles. The second kappa shape index (κ2) is 6.59. The maximum Gasteiger partial charge on any atom is 0.408 e. The van der Waals surface area contributed by atoms with Crippen LogP contribution in [0.25, 0.3) is 0 Å². The first kappa shape index (κ1) is 20.3. The highest BCUT2D eigenvalue weighted by molar-refractivity contribution is 5.91. The van der Waals surface area contributed by atoms with Crippen molar-refractivity contribution >= 4 is 17.7 Å². The van der Waals surface area contributed by atoms with Crippen LogP contribution in [0.2, 0.25) is 0 Å². The van der Waals surface area contributed by atoms with E-state index in [9.17, 15) is 14.4 Å². The van der Waals surface area contributed by atoms with Gasteiger partial charge in [-0.25, -0.2) is 4.79 Å². The van der Waals surface area contributed by atoms with Crippen molar-refractivity contribution < 1.29 is 19.1 Å². The Morgan fingerprint density at radius 2 is 1.56 bits per heavy atom. The van der Waals surface area contributed by atoms with Crippen LogP contribution >= 0.6 is 0 Å². The molecule has 0 radical (unpaired) electrons. The van der Waals surface area contributed by atoms with Crippen LogP contribution in [-0.2, 0) is 14.3 Å². The molecule has 0 saturated heterocycles. The van der Waals surface area contributed by atoms with Crippen LogP contribution in [0.5, 0.6) is 0 Å². The Morgan fingerprint density at radius 1 is 1.00 bits per heavy atom. The standard InChI is InChI=1S/C22H35NO4/c1-13(24)22-10-14-7-15(11-22)17(16(8-14)12-22)9-18(25)21(5,6)23-19(26)27-20(2,3)4/h14-17H,7-12H2,1-6H3,(H,23,26). The highest BCUT2D eigenvalue weighted by atomic mass is 16.6. The third-order valence-electron chi connectivity index (χ3n) is 7.15. The summed E-state index contributed by atoms with van der Waals surface area (Å²) >= 11 is 0. The van der Waals surface area contributed by atoms with Gasteiger partial charge in [0.25, 0.3) is 0 Å². The van der Waals surface area contributed by atoms with E-state index in [2.05, 4.69) is 5.32 Å². The lowest BCUT2D eigenvalue weighted by molar-refractivity contribution is -0.151. The number of carbonyl (C=O) groups is 3. The van der Waals surface area contributed by atoms with Crippen molar-refractivity contribution in [2.45, 2.75) is 91.2 Å². The number of alkyl carbamates (subject to hydrolysis) is 1. The number of Topliss-reactive ketones (excluding diaryl/α,β-unsaturated/α-hetero) is 2. The number of ketones is 2. The van der Waals surface area contributed by atoms with Gasteiger partial charge in [-0.1, -0.05) is 0 Å². The molecular weight excluding hydrogens is 342 g/mol. The summed E-state index contributed by atoms with van der Waals surface area (Å²) in [6.07, 6.45) is 5.20. The maximum absolute atomic E-state index is 13.0. The van der Waals surface area contributed by atoms with Gasteiger partial charge >= 0.3 is 6.09 Å². The van der Waals surface area contributed by atoms with E-state index in [-0.39, 0.29) is 11.2 Å². The summed E-state index contributed by atoms with van der Waals surface area (Å²) in [6, 6.07) is 0. The third-order valence-corrected chi connectivity index (χ3v) is 7.15. The van der Waals surface area contributed by atoms with Crippen molar-refractivity contribution in [2.24, 2.45) is 29.1 Å². The second-order valence-electron chi connectivity index (χ2n) is 10.8. The molecule has 4 saturated carbocycles. The van der Waals surface area contributed by atoms with E-state index in [1.807, 2.05) is 0 Å². The lowest BCUT2D eigenvalue weighted by atomic mass is 9.44. The number of ether oxygens (including phenoxy) is 1. The van der Waals surface area contributed by atoms with Gasteiger partial charge in [0.2, 0.25) is 0 Å². The fraction of sp³-hybridized carbons (Fsp3) is 0.864. The molecule has 1 N–H and O–H groups in total. The Hall–Kier alpha value is -1.39. The summed E-state index contributed by atoms with van der Waals surface area (Å²) < 4.78 is 5.31. The highest BCUT2D eigenvalue weighted by Gasteiger charge is 2.57. The molecule has 0 aromatic carbocycles. The molecule has 4 bridgehead atoms. The van der Waals surface area contributed by atoms with Crippen LogP contribution in [0.4, 0.5) is 4.79 Å². The first-order valence-electron chi connectivity index (χ1n) is 10.4. The monoisotopic (exact) mass is 377 g/mol. The average Bonchev–Trinajstić information content (AvgIpc) is 2.47. The van der Waals surface area contributed by atoms with Crippen molar-refractivity contribution in [3.8, 4) is 0 Å². The maximum atomic E-state index is 13.0. The van der Waals surface area contributed by atoms with E-state index >= 15 is 0 Å². The van der Waals surface area contributed by atoms with Gasteiger partial charge in [0.05, 0.1) is 5.54 Å². The molecule has 1 amide bonds. The smallest absolute Gasteiger partial charge is 0.408 e. The first-order chi connectivity index (χ1) is 12.3. The molecule has 5 heteroatoms. The Labute approximate surface area is 163 Å². The molecule has 0 heterocycles. The highest BCUT2D eigenvalue weighted by Crippen LogP contribution is 2.63. The molecule has 152 valence electrons. The Balaban J connectivity index is 1.65. The van der Waals surface area contributed by atoms with Crippen LogP contribution in [0.15, 0.2) is 0 Å². The summed E-state index contributed by atoms with van der Waals surface area (Å²) in [5.41, 5.74) is -1.65. The Morgan fingerprint density at radius 3 is 2.04 bits per heavy atom. The zero-order chi connectivity index (χ0) is 20.2. The van der Waals surface area contributed by atoms with E-state index in [1.165, 1.54) is 0 Å². The number of nitrogens with one attached hydrogen (secondary N) is 1. The predicted octanol–water partition coefficient (Wildman–Crippen LogP) is 4.28. The van der Waals surface area contributed by atoms with Crippen LogP contribution < -0.4 is 5.32 Å². The first-order valence-corrected chi connectivity index (χ1v) is 10.4. The number of amides is 1. The zero-order valence-electron chi connectivity index (χ0n) is 17.7. The van der Waals surface area contributed by atoms with Crippen molar-refractivity contribution in [2.75, 3.05) is 0 Å². The summed E-state index contributed by atoms with van der Waals surface area (Å²) in [5, 5.41) is 2.75. The molecule has 4 fully saturated rings. The van der Waals surface area contributed by atoms with E-state index in [4.69, 9.17) is 4.74 Å². The molecule has 0 aromatic rings. The molecule has 4 aliphatic rings. The number of hydrogen-bond acceptors (Lipinski definition) is 4. The molecular formula is C22H35NO4. The minimum absolute atomic E-state index is 0.0581. The van der Waals surface area contributed by atoms with Gasteiger partial charge in [0.15, 0.2) is 5.78 Å². The zero-order valence-corrected chi connectivity index (χ0v) is 17.7. The molecule has 4 aliphatic carbocycles. The minimum Gasteiger partial charge on any atom is -0.444 e. The fourth-order valence-corrected chi connectivity index (χ4v) is 5.99. The summed E-state index contributed by atoms with van der Waals surface area (Å²) in [5.74, 6) is 2.36. The molecule has 0 aromatic heterocycles. The molecule has 5 nitrogen and oxygen atoms in total. The molecule has 0 spiro atoms. The van der Waals surface area contributed by atoms with Gasteiger partial charge in [0, 0.05) is 11.8 Å². The summed E-state index contributed by atoms with van der Waals surface area (Å²) in [7, 11) is 0. The van der Waals surface area contributed by atoms with Crippen LogP contribution in [0.1, 0.15) is 80.1 Å². The third kappa shape index (κ3) is 4.07. The van der Waals surface area contributed by atoms with Gasteiger partial charge in [0.1, 0.15) is 11.4 Å². The van der Waals surface area contributed by atoms with Crippen molar-refractivity contribution in [1.29, 1.82) is 0 Å². The lowest BCUT2D eigenvalue weighted by Gasteiger charge is -2.59. The number of hydrogen-bond donors (Lipinski definition) is 1. The number of rotatable bonds is 5.